The molecule has 0 N–H and O–H groups in total. The molecular formula is C17H24ClN3. The standard InChI is InChI=1S/C17H24ClN3/c1-11-9-10-15-17(19-11)21(16(20-15)12(2)18)13(3)14-7-5-4-6-8-14/h9-10,12-14H,4-8H2,1-3H3. The topological polar surface area (TPSA) is 30.7 Å². The highest BCUT2D eigenvalue weighted by molar-refractivity contribution is 6.20. The maximum absolute atomic E-state index is 6.39. The molecule has 4 heteroatoms. The molecule has 0 amide bonds. The van der Waals surface area contributed by atoms with Crippen LogP contribution in [-0.2, 0) is 0 Å². The minimum absolute atomic E-state index is 0.0921. The van der Waals surface area contributed by atoms with E-state index in [0.717, 1.165) is 22.7 Å². The lowest BCUT2D eigenvalue weighted by Gasteiger charge is -2.30. The van der Waals surface area contributed by atoms with E-state index in [-0.39, 0.29) is 5.38 Å². The molecule has 0 aromatic carbocycles. The van der Waals surface area contributed by atoms with Gasteiger partial charge in [0.25, 0.3) is 0 Å². The molecule has 0 spiro atoms. The predicted molar refractivity (Wildman–Crippen MR) is 87.8 cm³/mol. The number of hydrogen-bond donors (Lipinski definition) is 0. The van der Waals surface area contributed by atoms with Crippen LogP contribution in [0, 0.1) is 12.8 Å². The molecule has 2 aromatic heterocycles. The van der Waals surface area contributed by atoms with E-state index in [2.05, 4.69) is 17.6 Å². The maximum atomic E-state index is 6.39. The molecule has 3 rings (SSSR count). The van der Waals surface area contributed by atoms with Gasteiger partial charge >= 0.3 is 0 Å². The van der Waals surface area contributed by atoms with Crippen LogP contribution in [0.5, 0.6) is 0 Å². The summed E-state index contributed by atoms with van der Waals surface area (Å²) in [6.45, 7) is 6.34. The molecule has 2 aromatic rings. The Morgan fingerprint density at radius 3 is 2.52 bits per heavy atom. The number of alkyl halides is 1. The van der Waals surface area contributed by atoms with Gasteiger partial charge in [0.2, 0.25) is 0 Å². The Morgan fingerprint density at radius 1 is 1.14 bits per heavy atom. The molecule has 0 saturated heterocycles. The fourth-order valence-electron chi connectivity index (χ4n) is 3.60. The van der Waals surface area contributed by atoms with Crippen LogP contribution in [-0.4, -0.2) is 14.5 Å². The highest BCUT2D eigenvalue weighted by Gasteiger charge is 2.27. The fourth-order valence-corrected chi connectivity index (χ4v) is 3.75. The summed E-state index contributed by atoms with van der Waals surface area (Å²) >= 11 is 6.39. The summed E-state index contributed by atoms with van der Waals surface area (Å²) < 4.78 is 2.30. The highest BCUT2D eigenvalue weighted by atomic mass is 35.5. The molecule has 0 bridgehead atoms. The van der Waals surface area contributed by atoms with E-state index >= 15 is 0 Å². The zero-order chi connectivity index (χ0) is 15.0. The Morgan fingerprint density at radius 2 is 1.86 bits per heavy atom. The molecule has 1 saturated carbocycles. The number of pyridine rings is 1. The van der Waals surface area contributed by atoms with Crippen LogP contribution in [0.1, 0.15) is 68.9 Å². The van der Waals surface area contributed by atoms with Crippen molar-refractivity contribution < 1.29 is 0 Å². The third kappa shape index (κ3) is 2.80. The molecule has 1 aliphatic carbocycles. The summed E-state index contributed by atoms with van der Waals surface area (Å²) in [4.78, 5) is 9.47. The van der Waals surface area contributed by atoms with Crippen LogP contribution in [0.15, 0.2) is 12.1 Å². The Labute approximate surface area is 131 Å². The van der Waals surface area contributed by atoms with Gasteiger partial charge < -0.3 is 4.57 Å². The van der Waals surface area contributed by atoms with Crippen LogP contribution in [0.3, 0.4) is 0 Å². The Hall–Kier alpha value is -1.09. The molecule has 2 heterocycles. The molecule has 21 heavy (non-hydrogen) atoms. The van der Waals surface area contributed by atoms with Crippen molar-refractivity contribution in [1.82, 2.24) is 14.5 Å². The van der Waals surface area contributed by atoms with Gasteiger partial charge in [-0.1, -0.05) is 19.3 Å². The van der Waals surface area contributed by atoms with Gasteiger partial charge in [0, 0.05) is 11.7 Å². The first-order chi connectivity index (χ1) is 10.1. The van der Waals surface area contributed by atoms with Gasteiger partial charge in [-0.2, -0.15) is 0 Å². The van der Waals surface area contributed by atoms with E-state index in [1.807, 2.05) is 19.9 Å². The van der Waals surface area contributed by atoms with Crippen molar-refractivity contribution in [3.63, 3.8) is 0 Å². The number of hydrogen-bond acceptors (Lipinski definition) is 2. The number of fused-ring (bicyclic) bond motifs is 1. The third-order valence-corrected chi connectivity index (χ3v) is 4.99. The summed E-state index contributed by atoms with van der Waals surface area (Å²) in [6, 6.07) is 4.50. The molecule has 2 unspecified atom stereocenters. The van der Waals surface area contributed by atoms with Crippen molar-refractivity contribution in [2.45, 2.75) is 64.3 Å². The lowest BCUT2D eigenvalue weighted by Crippen LogP contribution is -2.21. The van der Waals surface area contributed by atoms with Gasteiger partial charge in [-0.25, -0.2) is 9.97 Å². The number of halogens is 1. The van der Waals surface area contributed by atoms with E-state index in [0.29, 0.717) is 12.0 Å². The molecule has 114 valence electrons. The molecule has 3 nitrogen and oxygen atoms in total. The summed E-state index contributed by atoms with van der Waals surface area (Å²) in [5.74, 6) is 1.68. The van der Waals surface area contributed by atoms with Crippen LogP contribution in [0.4, 0.5) is 0 Å². The van der Waals surface area contributed by atoms with Crippen molar-refractivity contribution in [2.75, 3.05) is 0 Å². The zero-order valence-electron chi connectivity index (χ0n) is 13.1. The summed E-state index contributed by atoms with van der Waals surface area (Å²) in [5, 5.41) is -0.0921. The average Bonchev–Trinajstić information content (AvgIpc) is 2.86. The van der Waals surface area contributed by atoms with E-state index in [1.165, 1.54) is 32.1 Å². The molecule has 2 atom stereocenters. The summed E-state index contributed by atoms with van der Waals surface area (Å²) in [6.07, 6.45) is 6.69. The van der Waals surface area contributed by atoms with Crippen molar-refractivity contribution >= 4 is 22.8 Å². The van der Waals surface area contributed by atoms with Crippen LogP contribution < -0.4 is 0 Å². The van der Waals surface area contributed by atoms with E-state index in [9.17, 15) is 0 Å². The lowest BCUT2D eigenvalue weighted by molar-refractivity contribution is 0.263. The largest absolute Gasteiger partial charge is 0.308 e. The first kappa shape index (κ1) is 14.8. The monoisotopic (exact) mass is 305 g/mol. The van der Waals surface area contributed by atoms with Crippen molar-refractivity contribution in [1.29, 1.82) is 0 Å². The second-order valence-corrected chi connectivity index (χ2v) is 7.04. The van der Waals surface area contributed by atoms with Gasteiger partial charge in [0.15, 0.2) is 5.65 Å². The van der Waals surface area contributed by atoms with Gasteiger partial charge in [-0.15, -0.1) is 11.6 Å². The van der Waals surface area contributed by atoms with Crippen LogP contribution >= 0.6 is 11.6 Å². The first-order valence-corrected chi connectivity index (χ1v) is 8.51. The minimum atomic E-state index is -0.0921. The van der Waals surface area contributed by atoms with Gasteiger partial charge in [0.05, 0.1) is 5.38 Å². The second kappa shape index (κ2) is 5.96. The Balaban J connectivity index is 2.09. The molecule has 1 aliphatic rings. The Kier molecular flexibility index (Phi) is 4.21. The van der Waals surface area contributed by atoms with E-state index in [4.69, 9.17) is 21.6 Å². The minimum Gasteiger partial charge on any atom is -0.308 e. The average molecular weight is 306 g/mol. The number of aromatic nitrogens is 3. The smallest absolute Gasteiger partial charge is 0.160 e. The van der Waals surface area contributed by atoms with Crippen LogP contribution in [0.25, 0.3) is 11.2 Å². The first-order valence-electron chi connectivity index (χ1n) is 8.07. The third-order valence-electron chi connectivity index (χ3n) is 4.80. The van der Waals surface area contributed by atoms with E-state index < -0.39 is 0 Å². The molecule has 1 fully saturated rings. The number of imidazole rings is 1. The predicted octanol–water partition coefficient (Wildman–Crippen LogP) is 5.18. The summed E-state index contributed by atoms with van der Waals surface area (Å²) in [5.41, 5.74) is 3.00. The van der Waals surface area contributed by atoms with Crippen molar-refractivity contribution in [2.24, 2.45) is 5.92 Å². The SMILES string of the molecule is Cc1ccc2nc(C(C)Cl)n(C(C)C3CCCCC3)c2n1. The van der Waals surface area contributed by atoms with Gasteiger partial charge in [0.1, 0.15) is 11.3 Å². The van der Waals surface area contributed by atoms with Crippen molar-refractivity contribution in [3.8, 4) is 0 Å². The second-order valence-electron chi connectivity index (χ2n) is 6.39. The molecule has 0 radical (unpaired) electrons. The van der Waals surface area contributed by atoms with Crippen molar-refractivity contribution in [3.05, 3.63) is 23.7 Å². The summed E-state index contributed by atoms with van der Waals surface area (Å²) in [7, 11) is 0. The van der Waals surface area contributed by atoms with Gasteiger partial charge in [-0.3, -0.25) is 0 Å². The van der Waals surface area contributed by atoms with E-state index in [1.54, 1.807) is 0 Å². The molecule has 0 aliphatic heterocycles. The fraction of sp³-hybridized carbons (Fsp3) is 0.647. The maximum Gasteiger partial charge on any atom is 0.160 e. The normalized spacial score (nSPS) is 19.8. The zero-order valence-corrected chi connectivity index (χ0v) is 13.9. The van der Waals surface area contributed by atoms with Crippen LogP contribution in [0.2, 0.25) is 0 Å². The number of rotatable bonds is 3. The van der Waals surface area contributed by atoms with Gasteiger partial charge in [-0.05, 0) is 51.7 Å². The molecular weight excluding hydrogens is 282 g/mol. The number of nitrogens with zero attached hydrogens (tertiary/aromatic N) is 3. The lowest BCUT2D eigenvalue weighted by atomic mass is 9.84. The highest BCUT2D eigenvalue weighted by Crippen LogP contribution is 2.36. The quantitative estimate of drug-likeness (QED) is 0.731. The Bertz CT molecular complexity index is 626. The number of aryl methyl sites for hydroxylation is 1.